The number of carbonyl (C=O) groups is 1. The SMILES string of the molecule is CCN(CC)[C@@H](CNC(=O)NCc1ccccc1C)c1ccsc1. The minimum absolute atomic E-state index is 0.120. The Hall–Kier alpha value is -1.85. The molecule has 0 aliphatic rings. The van der Waals surface area contributed by atoms with Gasteiger partial charge in [-0.2, -0.15) is 11.3 Å². The first-order valence-electron chi connectivity index (χ1n) is 8.48. The van der Waals surface area contributed by atoms with Crippen molar-refractivity contribution in [2.75, 3.05) is 19.6 Å². The monoisotopic (exact) mass is 345 g/mol. The number of benzene rings is 1. The van der Waals surface area contributed by atoms with Crippen molar-refractivity contribution >= 4 is 17.4 Å². The van der Waals surface area contributed by atoms with E-state index >= 15 is 0 Å². The number of urea groups is 1. The molecule has 0 saturated heterocycles. The van der Waals surface area contributed by atoms with Gasteiger partial charge in [-0.3, -0.25) is 4.90 Å². The van der Waals surface area contributed by atoms with Gasteiger partial charge in [0.05, 0.1) is 6.04 Å². The molecule has 0 spiro atoms. The second-order valence-electron chi connectivity index (χ2n) is 5.78. The summed E-state index contributed by atoms with van der Waals surface area (Å²) in [6, 6.07) is 10.3. The lowest BCUT2D eigenvalue weighted by atomic mass is 10.1. The zero-order valence-electron chi connectivity index (χ0n) is 14.7. The average Bonchev–Trinajstić information content (AvgIpc) is 3.12. The van der Waals surface area contributed by atoms with Crippen molar-refractivity contribution in [3.8, 4) is 0 Å². The molecule has 0 aliphatic heterocycles. The number of likely N-dealkylation sites (N-methyl/N-ethyl adjacent to an activating group) is 1. The Balaban J connectivity index is 1.89. The fraction of sp³-hybridized carbons (Fsp3) is 0.421. The molecule has 0 saturated carbocycles. The molecule has 1 heterocycles. The predicted octanol–water partition coefficient (Wildman–Crippen LogP) is 3.94. The van der Waals surface area contributed by atoms with Crippen LogP contribution in [0, 0.1) is 6.92 Å². The van der Waals surface area contributed by atoms with Crippen LogP contribution in [0.4, 0.5) is 4.79 Å². The minimum atomic E-state index is -0.120. The normalized spacial score (nSPS) is 12.2. The van der Waals surface area contributed by atoms with Gasteiger partial charge in [-0.25, -0.2) is 4.79 Å². The highest BCUT2D eigenvalue weighted by atomic mass is 32.1. The lowest BCUT2D eigenvalue weighted by molar-refractivity contribution is 0.206. The highest BCUT2D eigenvalue weighted by Gasteiger charge is 2.19. The van der Waals surface area contributed by atoms with E-state index in [1.54, 1.807) is 11.3 Å². The van der Waals surface area contributed by atoms with Crippen LogP contribution in [-0.4, -0.2) is 30.6 Å². The first kappa shape index (κ1) is 18.5. The maximum absolute atomic E-state index is 12.2. The second kappa shape index (κ2) is 9.45. The number of rotatable bonds is 8. The van der Waals surface area contributed by atoms with E-state index in [0.717, 1.165) is 18.7 Å². The quantitative estimate of drug-likeness (QED) is 0.761. The van der Waals surface area contributed by atoms with Crippen LogP contribution >= 0.6 is 11.3 Å². The van der Waals surface area contributed by atoms with Gasteiger partial charge in [-0.15, -0.1) is 0 Å². The Bertz CT molecular complexity index is 623. The number of thiophene rings is 1. The zero-order valence-corrected chi connectivity index (χ0v) is 15.5. The maximum Gasteiger partial charge on any atom is 0.315 e. The number of carbonyl (C=O) groups excluding carboxylic acids is 1. The van der Waals surface area contributed by atoms with Crippen LogP contribution in [0.15, 0.2) is 41.1 Å². The largest absolute Gasteiger partial charge is 0.336 e. The predicted molar refractivity (Wildman–Crippen MR) is 101 cm³/mol. The Kier molecular flexibility index (Phi) is 7.28. The summed E-state index contributed by atoms with van der Waals surface area (Å²) in [6.45, 7) is 9.45. The van der Waals surface area contributed by atoms with E-state index < -0.39 is 0 Å². The van der Waals surface area contributed by atoms with E-state index in [1.165, 1.54) is 11.1 Å². The Morgan fingerprint density at radius 3 is 2.54 bits per heavy atom. The van der Waals surface area contributed by atoms with Crippen molar-refractivity contribution in [2.45, 2.75) is 33.4 Å². The van der Waals surface area contributed by atoms with Gasteiger partial charge in [0, 0.05) is 13.1 Å². The average molecular weight is 346 g/mol. The first-order valence-corrected chi connectivity index (χ1v) is 9.42. The van der Waals surface area contributed by atoms with Crippen molar-refractivity contribution in [1.82, 2.24) is 15.5 Å². The fourth-order valence-corrected chi connectivity index (χ4v) is 3.53. The third-order valence-electron chi connectivity index (χ3n) is 4.34. The Morgan fingerprint density at radius 2 is 1.92 bits per heavy atom. The summed E-state index contributed by atoms with van der Waals surface area (Å²) in [6.07, 6.45) is 0. The minimum Gasteiger partial charge on any atom is -0.336 e. The summed E-state index contributed by atoms with van der Waals surface area (Å²) in [5.74, 6) is 0. The molecular formula is C19H27N3OS. The van der Waals surface area contributed by atoms with E-state index in [2.05, 4.69) is 59.2 Å². The molecule has 4 nitrogen and oxygen atoms in total. The third kappa shape index (κ3) is 5.08. The number of nitrogens with one attached hydrogen (secondary N) is 2. The number of nitrogens with zero attached hydrogens (tertiary/aromatic N) is 1. The molecule has 0 radical (unpaired) electrons. The van der Waals surface area contributed by atoms with E-state index in [4.69, 9.17) is 0 Å². The van der Waals surface area contributed by atoms with E-state index in [9.17, 15) is 4.79 Å². The smallest absolute Gasteiger partial charge is 0.315 e. The van der Waals surface area contributed by atoms with Gasteiger partial charge in [0.2, 0.25) is 0 Å². The molecule has 1 atom stereocenters. The van der Waals surface area contributed by atoms with E-state index in [1.807, 2.05) is 18.2 Å². The van der Waals surface area contributed by atoms with Gasteiger partial charge >= 0.3 is 6.03 Å². The molecular weight excluding hydrogens is 318 g/mol. The van der Waals surface area contributed by atoms with Gasteiger partial charge in [0.1, 0.15) is 0 Å². The lowest BCUT2D eigenvalue weighted by Crippen LogP contribution is -2.42. The van der Waals surface area contributed by atoms with Crippen molar-refractivity contribution in [2.24, 2.45) is 0 Å². The fourth-order valence-electron chi connectivity index (χ4n) is 2.82. The molecule has 1 aromatic carbocycles. The molecule has 2 aromatic rings. The van der Waals surface area contributed by atoms with Crippen molar-refractivity contribution < 1.29 is 4.79 Å². The van der Waals surface area contributed by atoms with Gasteiger partial charge in [0.15, 0.2) is 0 Å². The number of aryl methyl sites for hydroxylation is 1. The van der Waals surface area contributed by atoms with Gasteiger partial charge in [0.25, 0.3) is 0 Å². The molecule has 0 fully saturated rings. The standard InChI is InChI=1S/C19H27N3OS/c1-4-22(5-2)18(17-10-11-24-14-17)13-21-19(23)20-12-16-9-7-6-8-15(16)3/h6-11,14,18H,4-5,12-13H2,1-3H3,(H2,20,21,23)/t18-/m0/s1. The maximum atomic E-state index is 12.2. The van der Waals surface area contributed by atoms with E-state index in [-0.39, 0.29) is 12.1 Å². The van der Waals surface area contributed by atoms with Crippen LogP contribution in [0.25, 0.3) is 0 Å². The van der Waals surface area contributed by atoms with Crippen molar-refractivity contribution in [1.29, 1.82) is 0 Å². The van der Waals surface area contributed by atoms with Gasteiger partial charge < -0.3 is 10.6 Å². The summed E-state index contributed by atoms with van der Waals surface area (Å²) < 4.78 is 0. The number of hydrogen-bond acceptors (Lipinski definition) is 3. The number of hydrogen-bond donors (Lipinski definition) is 2. The summed E-state index contributed by atoms with van der Waals surface area (Å²) >= 11 is 1.69. The molecule has 24 heavy (non-hydrogen) atoms. The summed E-state index contributed by atoms with van der Waals surface area (Å²) in [4.78, 5) is 14.5. The Labute approximate surface area is 148 Å². The first-order chi connectivity index (χ1) is 11.7. The molecule has 2 rings (SSSR count). The van der Waals surface area contributed by atoms with Crippen molar-refractivity contribution in [3.63, 3.8) is 0 Å². The summed E-state index contributed by atoms with van der Waals surface area (Å²) in [5.41, 5.74) is 3.60. The van der Waals surface area contributed by atoms with Gasteiger partial charge in [-0.05, 0) is 53.5 Å². The molecule has 1 aromatic heterocycles. The zero-order chi connectivity index (χ0) is 17.4. The van der Waals surface area contributed by atoms with Crippen LogP contribution in [0.3, 0.4) is 0 Å². The highest BCUT2D eigenvalue weighted by Crippen LogP contribution is 2.22. The van der Waals surface area contributed by atoms with Crippen LogP contribution in [0.1, 0.15) is 36.6 Å². The van der Waals surface area contributed by atoms with Crippen LogP contribution in [0.2, 0.25) is 0 Å². The molecule has 2 amide bonds. The molecule has 0 unspecified atom stereocenters. The second-order valence-corrected chi connectivity index (χ2v) is 6.56. The van der Waals surface area contributed by atoms with Crippen LogP contribution in [-0.2, 0) is 6.54 Å². The molecule has 0 aliphatic carbocycles. The van der Waals surface area contributed by atoms with Crippen LogP contribution in [0.5, 0.6) is 0 Å². The molecule has 0 bridgehead atoms. The van der Waals surface area contributed by atoms with Crippen molar-refractivity contribution in [3.05, 3.63) is 57.8 Å². The lowest BCUT2D eigenvalue weighted by Gasteiger charge is -2.29. The summed E-state index contributed by atoms with van der Waals surface area (Å²) in [5, 5.41) is 10.2. The number of amides is 2. The highest BCUT2D eigenvalue weighted by molar-refractivity contribution is 7.07. The van der Waals surface area contributed by atoms with E-state index in [0.29, 0.717) is 13.1 Å². The van der Waals surface area contributed by atoms with Crippen LogP contribution < -0.4 is 10.6 Å². The third-order valence-corrected chi connectivity index (χ3v) is 5.04. The summed E-state index contributed by atoms with van der Waals surface area (Å²) in [7, 11) is 0. The Morgan fingerprint density at radius 1 is 1.17 bits per heavy atom. The topological polar surface area (TPSA) is 44.4 Å². The molecule has 130 valence electrons. The molecule has 5 heteroatoms. The van der Waals surface area contributed by atoms with Gasteiger partial charge in [-0.1, -0.05) is 38.1 Å². The molecule has 2 N–H and O–H groups in total.